The van der Waals surface area contributed by atoms with Crippen LogP contribution in [0.15, 0.2) is 42.5 Å². The summed E-state index contributed by atoms with van der Waals surface area (Å²) in [5.41, 5.74) is 3.04. The van der Waals surface area contributed by atoms with E-state index in [9.17, 15) is 0 Å². The van der Waals surface area contributed by atoms with E-state index >= 15 is 0 Å². The van der Waals surface area contributed by atoms with E-state index in [0.29, 0.717) is 5.75 Å². The minimum absolute atomic E-state index is 0.244. The van der Waals surface area contributed by atoms with E-state index in [1.54, 1.807) is 14.2 Å². The van der Waals surface area contributed by atoms with Crippen LogP contribution in [0.2, 0.25) is 0 Å². The molecule has 0 atom stereocenters. The van der Waals surface area contributed by atoms with Gasteiger partial charge in [0.25, 0.3) is 0 Å². The number of fused-ring (bicyclic) bond motifs is 1. The summed E-state index contributed by atoms with van der Waals surface area (Å²) >= 11 is 0. The fourth-order valence-electron chi connectivity index (χ4n) is 2.69. The van der Waals surface area contributed by atoms with Gasteiger partial charge in [0, 0.05) is 23.9 Å². The molecule has 1 N–H and O–H groups in total. The van der Waals surface area contributed by atoms with Crippen LogP contribution < -0.4 is 19.5 Å². The van der Waals surface area contributed by atoms with Crippen LogP contribution >= 0.6 is 0 Å². The highest BCUT2D eigenvalue weighted by Gasteiger charge is 2.21. The van der Waals surface area contributed by atoms with Gasteiger partial charge in [-0.2, -0.15) is 0 Å². The second-order valence-corrected chi connectivity index (χ2v) is 6.33. The van der Waals surface area contributed by atoms with Crippen LogP contribution in [0.3, 0.4) is 0 Å². The van der Waals surface area contributed by atoms with E-state index in [-0.39, 0.29) is 5.60 Å². The van der Waals surface area contributed by atoms with Gasteiger partial charge in [-0.15, -0.1) is 0 Å². The van der Waals surface area contributed by atoms with Gasteiger partial charge in [-0.1, -0.05) is 12.1 Å². The molecule has 0 amide bonds. The summed E-state index contributed by atoms with van der Waals surface area (Å²) in [4.78, 5) is 0. The smallest absolute Gasteiger partial charge is 0.162 e. The maximum absolute atomic E-state index is 5.96. The Morgan fingerprint density at radius 2 is 1.79 bits per heavy atom. The van der Waals surface area contributed by atoms with E-state index in [1.807, 2.05) is 24.3 Å². The molecule has 3 rings (SSSR count). The molecular weight excluding hydrogens is 302 g/mol. The van der Waals surface area contributed by atoms with Crippen LogP contribution in [0.1, 0.15) is 25.0 Å². The molecule has 4 nitrogen and oxygen atoms in total. The van der Waals surface area contributed by atoms with Gasteiger partial charge in [0.15, 0.2) is 11.5 Å². The number of methoxy groups -OCH3 is 2. The van der Waals surface area contributed by atoms with Crippen molar-refractivity contribution in [2.75, 3.05) is 19.5 Å². The first-order chi connectivity index (χ1) is 11.5. The summed E-state index contributed by atoms with van der Waals surface area (Å²) in [6.07, 6.45) is 4.21. The summed E-state index contributed by atoms with van der Waals surface area (Å²) < 4.78 is 16.5. The molecule has 126 valence electrons. The largest absolute Gasteiger partial charge is 0.493 e. The van der Waals surface area contributed by atoms with Gasteiger partial charge in [0.2, 0.25) is 0 Å². The number of rotatable bonds is 5. The van der Waals surface area contributed by atoms with E-state index in [4.69, 9.17) is 14.2 Å². The monoisotopic (exact) mass is 325 g/mol. The van der Waals surface area contributed by atoms with Crippen molar-refractivity contribution in [1.29, 1.82) is 0 Å². The predicted molar refractivity (Wildman–Crippen MR) is 97.1 cm³/mol. The predicted octanol–water partition coefficient (Wildman–Crippen LogP) is 4.50. The van der Waals surface area contributed by atoms with Crippen LogP contribution in [0.25, 0.3) is 6.08 Å². The first-order valence-electron chi connectivity index (χ1n) is 7.98. The average molecular weight is 325 g/mol. The molecule has 0 unspecified atom stereocenters. The molecule has 2 aromatic carbocycles. The molecule has 2 aromatic rings. The van der Waals surface area contributed by atoms with E-state index in [0.717, 1.165) is 29.3 Å². The molecule has 0 bridgehead atoms. The maximum atomic E-state index is 5.96. The van der Waals surface area contributed by atoms with Gasteiger partial charge in [-0.05, 0) is 49.8 Å². The van der Waals surface area contributed by atoms with Gasteiger partial charge in [-0.25, -0.2) is 0 Å². The fourth-order valence-corrected chi connectivity index (χ4v) is 2.69. The van der Waals surface area contributed by atoms with Crippen molar-refractivity contribution in [3.8, 4) is 17.2 Å². The minimum atomic E-state index is -0.244. The molecule has 0 aliphatic carbocycles. The first-order valence-corrected chi connectivity index (χ1v) is 7.98. The Balaban J connectivity index is 1.72. The van der Waals surface area contributed by atoms with Gasteiger partial charge >= 0.3 is 0 Å². The van der Waals surface area contributed by atoms with E-state index in [2.05, 4.69) is 43.4 Å². The summed E-state index contributed by atoms with van der Waals surface area (Å²) in [6, 6.07) is 12.1. The van der Waals surface area contributed by atoms with E-state index in [1.165, 1.54) is 5.56 Å². The lowest BCUT2D eigenvalue weighted by molar-refractivity contribution is 0.159. The summed E-state index contributed by atoms with van der Waals surface area (Å²) in [5.74, 6) is 2.37. The highest BCUT2D eigenvalue weighted by molar-refractivity contribution is 5.62. The number of anilines is 1. The molecule has 0 fully saturated rings. The molecule has 0 saturated heterocycles. The molecule has 0 radical (unpaired) electrons. The van der Waals surface area contributed by atoms with Crippen LogP contribution in [-0.2, 0) is 6.54 Å². The van der Waals surface area contributed by atoms with Gasteiger partial charge in [-0.3, -0.25) is 0 Å². The summed E-state index contributed by atoms with van der Waals surface area (Å²) in [7, 11) is 3.27. The lowest BCUT2D eigenvalue weighted by Crippen LogP contribution is -2.27. The zero-order valence-electron chi connectivity index (χ0n) is 14.6. The molecule has 1 aliphatic rings. The number of benzene rings is 2. The average Bonchev–Trinajstić information content (AvgIpc) is 2.59. The second kappa shape index (κ2) is 6.48. The molecule has 1 aliphatic heterocycles. The second-order valence-electron chi connectivity index (χ2n) is 6.33. The first kappa shape index (κ1) is 16.2. The van der Waals surface area contributed by atoms with Gasteiger partial charge < -0.3 is 19.5 Å². The van der Waals surface area contributed by atoms with E-state index < -0.39 is 0 Å². The molecule has 0 spiro atoms. The van der Waals surface area contributed by atoms with Crippen molar-refractivity contribution in [1.82, 2.24) is 0 Å². The third-order valence-corrected chi connectivity index (χ3v) is 3.99. The fraction of sp³-hybridized carbons (Fsp3) is 0.300. The molecule has 0 saturated carbocycles. The quantitative estimate of drug-likeness (QED) is 0.878. The van der Waals surface area contributed by atoms with Crippen molar-refractivity contribution < 1.29 is 14.2 Å². The third-order valence-electron chi connectivity index (χ3n) is 3.99. The Bertz CT molecular complexity index is 765. The summed E-state index contributed by atoms with van der Waals surface area (Å²) in [5, 5.41) is 3.41. The Hall–Kier alpha value is -2.62. The van der Waals surface area contributed by atoms with Crippen molar-refractivity contribution in [3.63, 3.8) is 0 Å². The maximum Gasteiger partial charge on any atom is 0.162 e. The molecule has 4 heteroatoms. The number of hydrogen-bond acceptors (Lipinski definition) is 4. The van der Waals surface area contributed by atoms with Crippen molar-refractivity contribution in [2.24, 2.45) is 0 Å². The standard InChI is InChI=1S/C20H23NO3/c1-20(2)10-9-15-11-14(5-7-17(15)24-20)13-21-16-6-8-18(22-3)19(12-16)23-4/h5-12,21H,13H2,1-4H3. The number of ether oxygens (including phenoxy) is 3. The third kappa shape index (κ3) is 3.48. The highest BCUT2D eigenvalue weighted by Crippen LogP contribution is 2.32. The molecule has 0 aromatic heterocycles. The molecule has 24 heavy (non-hydrogen) atoms. The zero-order valence-corrected chi connectivity index (χ0v) is 14.6. The Morgan fingerprint density at radius 3 is 2.54 bits per heavy atom. The lowest BCUT2D eigenvalue weighted by Gasteiger charge is -2.28. The normalized spacial score (nSPS) is 14.5. The van der Waals surface area contributed by atoms with Crippen molar-refractivity contribution in [2.45, 2.75) is 26.0 Å². The Morgan fingerprint density at radius 1 is 1.00 bits per heavy atom. The van der Waals surface area contributed by atoms with Crippen LogP contribution in [0.4, 0.5) is 5.69 Å². The number of nitrogens with one attached hydrogen (secondary N) is 1. The van der Waals surface area contributed by atoms with Gasteiger partial charge in [0.1, 0.15) is 11.4 Å². The van der Waals surface area contributed by atoms with Crippen LogP contribution in [-0.4, -0.2) is 19.8 Å². The number of hydrogen-bond donors (Lipinski definition) is 1. The SMILES string of the molecule is COc1ccc(NCc2ccc3c(c2)C=CC(C)(C)O3)cc1OC. The van der Waals surface area contributed by atoms with Crippen LogP contribution in [0.5, 0.6) is 17.2 Å². The minimum Gasteiger partial charge on any atom is -0.493 e. The molecule has 1 heterocycles. The summed E-state index contributed by atoms with van der Waals surface area (Å²) in [6.45, 7) is 4.83. The molecular formula is C20H23NO3. The topological polar surface area (TPSA) is 39.7 Å². The van der Waals surface area contributed by atoms with Crippen LogP contribution in [0, 0.1) is 0 Å². The zero-order chi connectivity index (χ0) is 17.2. The Kier molecular flexibility index (Phi) is 4.38. The van der Waals surface area contributed by atoms with Crippen molar-refractivity contribution >= 4 is 11.8 Å². The lowest BCUT2D eigenvalue weighted by atomic mass is 10.0. The van der Waals surface area contributed by atoms with Gasteiger partial charge in [0.05, 0.1) is 14.2 Å². The highest BCUT2D eigenvalue weighted by atomic mass is 16.5. The Labute approximate surface area is 143 Å². The van der Waals surface area contributed by atoms with Crippen molar-refractivity contribution in [3.05, 3.63) is 53.6 Å².